The van der Waals surface area contributed by atoms with Crippen LogP contribution < -0.4 is 5.32 Å². The van der Waals surface area contributed by atoms with Crippen molar-refractivity contribution in [1.29, 1.82) is 0 Å². The lowest BCUT2D eigenvalue weighted by Crippen LogP contribution is -2.47. The molecule has 1 N–H and O–H groups in total. The third-order valence-corrected chi connectivity index (χ3v) is 4.58. The van der Waals surface area contributed by atoms with Crippen LogP contribution in [0.1, 0.15) is 47.2 Å². The number of Topliss-reactive ketones (excluding diaryl/α,β-unsaturated/α-hetero) is 1. The van der Waals surface area contributed by atoms with E-state index in [1.807, 2.05) is 44.0 Å². The largest absolute Gasteiger partial charge is 0.341 e. The number of amides is 1. The van der Waals surface area contributed by atoms with Crippen LogP contribution in [0.2, 0.25) is 0 Å². The van der Waals surface area contributed by atoms with Gasteiger partial charge in [-0.15, -0.1) is 12.4 Å². The summed E-state index contributed by atoms with van der Waals surface area (Å²) in [5.41, 5.74) is 3.01. The van der Waals surface area contributed by atoms with Crippen molar-refractivity contribution < 1.29 is 9.59 Å². The number of aryl methyl sites for hydroxylation is 2. The molecule has 0 aromatic heterocycles. The number of nitrogens with zero attached hydrogens (tertiary/aromatic N) is 1. The van der Waals surface area contributed by atoms with Crippen LogP contribution in [0.3, 0.4) is 0 Å². The van der Waals surface area contributed by atoms with Gasteiger partial charge in [0.05, 0.1) is 0 Å². The molecule has 4 nitrogen and oxygen atoms in total. The molecule has 1 aromatic rings. The predicted molar refractivity (Wildman–Crippen MR) is 95.4 cm³/mol. The van der Waals surface area contributed by atoms with Gasteiger partial charge < -0.3 is 10.2 Å². The second-order valence-corrected chi connectivity index (χ2v) is 6.19. The van der Waals surface area contributed by atoms with Gasteiger partial charge in [0.1, 0.15) is 0 Å². The Balaban J connectivity index is 0.00000264. The number of halogens is 1. The number of carbonyl (C=O) groups is 2. The predicted octanol–water partition coefficient (Wildman–Crippen LogP) is 2.90. The summed E-state index contributed by atoms with van der Waals surface area (Å²) in [5, 5.41) is 3.23. The lowest BCUT2D eigenvalue weighted by molar-refractivity contribution is -0.132. The minimum absolute atomic E-state index is 0. The normalized spacial score (nSPS) is 17.5. The molecule has 1 amide bonds. The van der Waals surface area contributed by atoms with Crippen LogP contribution in [0.15, 0.2) is 18.2 Å². The summed E-state index contributed by atoms with van der Waals surface area (Å²) < 4.78 is 0. The van der Waals surface area contributed by atoms with E-state index in [-0.39, 0.29) is 24.1 Å². The van der Waals surface area contributed by atoms with E-state index < -0.39 is 0 Å². The van der Waals surface area contributed by atoms with Crippen LogP contribution in [0.25, 0.3) is 0 Å². The van der Waals surface area contributed by atoms with E-state index in [1.165, 1.54) is 5.56 Å². The molecule has 1 fully saturated rings. The summed E-state index contributed by atoms with van der Waals surface area (Å²) in [5.74, 6) is 0.149. The molecule has 1 atom stereocenters. The molecule has 23 heavy (non-hydrogen) atoms. The fourth-order valence-electron chi connectivity index (χ4n) is 2.88. The number of piperidine rings is 1. The molecule has 0 bridgehead atoms. The Morgan fingerprint density at radius 2 is 1.96 bits per heavy atom. The van der Waals surface area contributed by atoms with Crippen LogP contribution in [-0.4, -0.2) is 42.8 Å². The molecule has 1 saturated heterocycles. The Hall–Kier alpha value is -1.39. The van der Waals surface area contributed by atoms with E-state index in [0.29, 0.717) is 24.4 Å². The highest BCUT2D eigenvalue weighted by atomic mass is 35.5. The fraction of sp³-hybridized carbons (Fsp3) is 0.556. The van der Waals surface area contributed by atoms with Gasteiger partial charge in [0.15, 0.2) is 5.78 Å². The van der Waals surface area contributed by atoms with Gasteiger partial charge in [0.25, 0.3) is 0 Å². The zero-order valence-electron chi connectivity index (χ0n) is 14.2. The number of rotatable bonds is 5. The van der Waals surface area contributed by atoms with Gasteiger partial charge in [-0.1, -0.05) is 12.1 Å². The van der Waals surface area contributed by atoms with E-state index in [4.69, 9.17) is 0 Å². The number of carbonyl (C=O) groups excluding carboxylic acids is 2. The van der Waals surface area contributed by atoms with Gasteiger partial charge in [0, 0.05) is 37.5 Å². The molecule has 0 aliphatic carbocycles. The standard InChI is InChI=1S/C18H26N2O2.ClH/c1-13-6-7-15(11-14(13)2)17(21)8-9-18(22)20-10-4-5-16(12-20)19-3;/h6-7,11,16,19H,4-5,8-10,12H2,1-3H3;1H. The van der Waals surface area contributed by atoms with Gasteiger partial charge in [-0.3, -0.25) is 9.59 Å². The van der Waals surface area contributed by atoms with Gasteiger partial charge >= 0.3 is 0 Å². The average molecular weight is 339 g/mol. The van der Waals surface area contributed by atoms with Crippen LogP contribution >= 0.6 is 12.4 Å². The number of hydrogen-bond acceptors (Lipinski definition) is 3. The topological polar surface area (TPSA) is 49.4 Å². The van der Waals surface area contributed by atoms with E-state index >= 15 is 0 Å². The molecule has 128 valence electrons. The molecular weight excluding hydrogens is 312 g/mol. The summed E-state index contributed by atoms with van der Waals surface area (Å²) in [4.78, 5) is 26.4. The van der Waals surface area contributed by atoms with E-state index in [9.17, 15) is 9.59 Å². The van der Waals surface area contributed by atoms with Gasteiger partial charge in [-0.25, -0.2) is 0 Å². The van der Waals surface area contributed by atoms with Crippen molar-refractivity contribution in [3.63, 3.8) is 0 Å². The van der Waals surface area contributed by atoms with E-state index in [0.717, 1.165) is 31.5 Å². The number of nitrogens with one attached hydrogen (secondary N) is 1. The minimum Gasteiger partial charge on any atom is -0.341 e. The molecule has 1 heterocycles. The molecule has 2 rings (SSSR count). The first-order valence-electron chi connectivity index (χ1n) is 8.06. The summed E-state index contributed by atoms with van der Waals surface area (Å²) in [6.45, 7) is 5.60. The Morgan fingerprint density at radius 1 is 1.22 bits per heavy atom. The monoisotopic (exact) mass is 338 g/mol. The second kappa shape index (κ2) is 9.04. The Labute approximate surface area is 145 Å². The number of hydrogen-bond donors (Lipinski definition) is 1. The quantitative estimate of drug-likeness (QED) is 0.840. The summed E-state index contributed by atoms with van der Waals surface area (Å²) in [6, 6.07) is 6.12. The van der Waals surface area contributed by atoms with Gasteiger partial charge in [-0.2, -0.15) is 0 Å². The van der Waals surface area contributed by atoms with Crippen LogP contribution in [0, 0.1) is 13.8 Å². The van der Waals surface area contributed by atoms with E-state index in [1.54, 1.807) is 0 Å². The molecule has 1 aromatic carbocycles. The zero-order chi connectivity index (χ0) is 16.1. The molecule has 0 saturated carbocycles. The third-order valence-electron chi connectivity index (χ3n) is 4.58. The highest BCUT2D eigenvalue weighted by molar-refractivity contribution is 5.98. The first kappa shape index (κ1) is 19.7. The number of benzene rings is 1. The lowest BCUT2D eigenvalue weighted by atomic mass is 10.0. The number of likely N-dealkylation sites (N-methyl/N-ethyl adjacent to an activating group) is 1. The van der Waals surface area contributed by atoms with Crippen LogP contribution in [0.4, 0.5) is 0 Å². The molecule has 0 spiro atoms. The van der Waals surface area contributed by atoms with Crippen molar-refractivity contribution in [2.75, 3.05) is 20.1 Å². The zero-order valence-corrected chi connectivity index (χ0v) is 15.0. The average Bonchev–Trinajstić information content (AvgIpc) is 2.54. The van der Waals surface area contributed by atoms with Crippen molar-refractivity contribution in [2.24, 2.45) is 0 Å². The number of likely N-dealkylation sites (tertiary alicyclic amines) is 1. The molecule has 1 aliphatic rings. The highest BCUT2D eigenvalue weighted by Gasteiger charge is 2.22. The Bertz CT molecular complexity index is 560. The molecule has 0 radical (unpaired) electrons. The SMILES string of the molecule is CNC1CCCN(C(=O)CCC(=O)c2ccc(C)c(C)c2)C1.Cl. The fourth-order valence-corrected chi connectivity index (χ4v) is 2.88. The molecule has 1 aliphatic heterocycles. The van der Waals surface area contributed by atoms with Crippen molar-refractivity contribution in [3.05, 3.63) is 34.9 Å². The first-order chi connectivity index (χ1) is 10.5. The maximum atomic E-state index is 12.3. The third kappa shape index (κ3) is 5.33. The Morgan fingerprint density at radius 3 is 2.61 bits per heavy atom. The molecule has 1 unspecified atom stereocenters. The first-order valence-corrected chi connectivity index (χ1v) is 8.06. The molecular formula is C18H27ClN2O2. The van der Waals surface area contributed by atoms with Crippen LogP contribution in [-0.2, 0) is 4.79 Å². The summed E-state index contributed by atoms with van der Waals surface area (Å²) >= 11 is 0. The second-order valence-electron chi connectivity index (χ2n) is 6.19. The maximum Gasteiger partial charge on any atom is 0.223 e. The highest BCUT2D eigenvalue weighted by Crippen LogP contribution is 2.15. The summed E-state index contributed by atoms with van der Waals surface area (Å²) in [7, 11) is 1.93. The smallest absolute Gasteiger partial charge is 0.223 e. The van der Waals surface area contributed by atoms with Crippen molar-refractivity contribution in [3.8, 4) is 0 Å². The number of ketones is 1. The van der Waals surface area contributed by atoms with Crippen LogP contribution in [0.5, 0.6) is 0 Å². The molecule has 5 heteroatoms. The van der Waals surface area contributed by atoms with Crippen molar-refractivity contribution in [2.45, 2.75) is 45.6 Å². The van der Waals surface area contributed by atoms with Crippen molar-refractivity contribution in [1.82, 2.24) is 10.2 Å². The van der Waals surface area contributed by atoms with Gasteiger partial charge in [-0.05, 0) is 50.9 Å². The minimum atomic E-state index is 0. The van der Waals surface area contributed by atoms with Crippen molar-refractivity contribution >= 4 is 24.1 Å². The van der Waals surface area contributed by atoms with E-state index in [2.05, 4.69) is 5.32 Å². The lowest BCUT2D eigenvalue weighted by Gasteiger charge is -2.32. The summed E-state index contributed by atoms with van der Waals surface area (Å²) in [6.07, 6.45) is 2.74. The Kier molecular flexibility index (Phi) is 7.73. The maximum absolute atomic E-state index is 12.3. The van der Waals surface area contributed by atoms with Gasteiger partial charge in [0.2, 0.25) is 5.91 Å².